The maximum Gasteiger partial charge on any atom is 0.246 e. The standard InChI is InChI=1S/C42H63N9O13/c1-5-11-64-41-28(27-10-8-24(53)13-29(27)49-41)14-30-39(61)45-18-36(59)50-37(21(3)6-2)40(62)46-16-34(57)44-17-35(58)47-31(15-33(43)56)42(63)51-19-25(54)12-23(51)7-9-26(38(60)48-30)22(4)32(55)20-52/h8,10,13,21-23,25-26,30-32,37,49,52-55H,5-7,9,11-12,14-20H2,1-4H3,(H2,43,56)(H,44,57)(H,45,61)(H,46,62)(H,47,58)(H,48,60)(H,50,59)/t21-,22+,23+,25+,26-,30+,31-,32-,37-/m0/s1. The van der Waals surface area contributed by atoms with Gasteiger partial charge >= 0.3 is 0 Å². The first kappa shape index (κ1) is 50.6. The molecule has 2 fully saturated rings. The number of carbonyl (C=O) groups is 8. The van der Waals surface area contributed by atoms with Crippen LogP contribution in [0, 0.1) is 17.8 Å². The van der Waals surface area contributed by atoms with Crippen LogP contribution in [0.1, 0.15) is 71.8 Å². The smallest absolute Gasteiger partial charge is 0.246 e. The van der Waals surface area contributed by atoms with E-state index in [0.29, 0.717) is 29.3 Å². The molecule has 8 amide bonds. The molecule has 0 saturated carbocycles. The van der Waals surface area contributed by atoms with Crippen molar-refractivity contribution >= 4 is 58.2 Å². The van der Waals surface area contributed by atoms with Crippen LogP contribution in [0.5, 0.6) is 11.6 Å². The van der Waals surface area contributed by atoms with E-state index in [1.54, 1.807) is 19.9 Å². The summed E-state index contributed by atoms with van der Waals surface area (Å²) in [6, 6.07) is -0.332. The van der Waals surface area contributed by atoms with Gasteiger partial charge in [-0.25, -0.2) is 0 Å². The summed E-state index contributed by atoms with van der Waals surface area (Å²) in [4.78, 5) is 111. The molecule has 9 atom stereocenters. The second-order valence-corrected chi connectivity index (χ2v) is 16.5. The minimum Gasteiger partial charge on any atom is -0.508 e. The van der Waals surface area contributed by atoms with Gasteiger partial charge in [0.1, 0.15) is 23.9 Å². The first-order valence-corrected chi connectivity index (χ1v) is 21.6. The molecule has 354 valence electrons. The summed E-state index contributed by atoms with van der Waals surface area (Å²) in [5.74, 6) is -8.74. The fourth-order valence-electron chi connectivity index (χ4n) is 7.90. The summed E-state index contributed by atoms with van der Waals surface area (Å²) in [6.45, 7) is 4.32. The number of phenolic OH excluding ortho intramolecular Hbond substituents is 1. The second-order valence-electron chi connectivity index (χ2n) is 16.5. The number of nitrogens with zero attached hydrogens (tertiary/aromatic N) is 1. The minimum absolute atomic E-state index is 0.0394. The molecule has 0 spiro atoms. The van der Waals surface area contributed by atoms with E-state index in [9.17, 15) is 58.8 Å². The van der Waals surface area contributed by atoms with Crippen molar-refractivity contribution in [1.29, 1.82) is 0 Å². The van der Waals surface area contributed by atoms with Crippen LogP contribution in [0.15, 0.2) is 18.2 Å². The summed E-state index contributed by atoms with van der Waals surface area (Å²) in [5, 5.41) is 57.3. The molecule has 1 aromatic heterocycles. The van der Waals surface area contributed by atoms with Crippen molar-refractivity contribution in [2.45, 2.75) is 109 Å². The molecule has 2 aliphatic heterocycles. The zero-order valence-electron chi connectivity index (χ0n) is 36.6. The number of nitrogens with two attached hydrogens (primary N) is 1. The molecule has 64 heavy (non-hydrogen) atoms. The van der Waals surface area contributed by atoms with Crippen molar-refractivity contribution in [1.82, 2.24) is 41.8 Å². The Bertz CT molecular complexity index is 2010. The number of rotatable bonds is 12. The van der Waals surface area contributed by atoms with Crippen LogP contribution in [-0.4, -0.2) is 153 Å². The molecule has 0 aliphatic carbocycles. The average molecular weight is 902 g/mol. The van der Waals surface area contributed by atoms with Gasteiger partial charge in [-0.05, 0) is 49.7 Å². The Balaban J connectivity index is 1.76. The molecule has 0 radical (unpaired) electrons. The molecule has 13 N–H and O–H groups in total. The number of hydrogen-bond acceptors (Lipinski definition) is 13. The van der Waals surface area contributed by atoms with Crippen molar-refractivity contribution in [2.75, 3.05) is 39.4 Å². The number of aliphatic hydroxyl groups excluding tert-OH is 3. The second kappa shape index (κ2) is 23.6. The number of benzene rings is 1. The number of ether oxygens (including phenoxy) is 1. The van der Waals surface area contributed by atoms with Crippen LogP contribution in [0.2, 0.25) is 0 Å². The molecule has 0 bridgehead atoms. The molecule has 1 aromatic carbocycles. The van der Waals surface area contributed by atoms with E-state index in [0.717, 1.165) is 0 Å². The lowest BCUT2D eigenvalue weighted by atomic mass is 9.83. The fourth-order valence-corrected chi connectivity index (χ4v) is 7.90. The van der Waals surface area contributed by atoms with Gasteiger partial charge in [0.05, 0.1) is 57.0 Å². The predicted octanol–water partition coefficient (Wildman–Crippen LogP) is -2.71. The lowest BCUT2D eigenvalue weighted by Gasteiger charge is -2.32. The quantitative estimate of drug-likeness (QED) is 0.103. The Morgan fingerprint density at radius 2 is 1.56 bits per heavy atom. The highest BCUT2D eigenvalue weighted by Gasteiger charge is 2.41. The Labute approximate surface area is 370 Å². The van der Waals surface area contributed by atoms with Gasteiger partial charge in [0.25, 0.3) is 0 Å². The van der Waals surface area contributed by atoms with Crippen LogP contribution in [0.25, 0.3) is 10.9 Å². The van der Waals surface area contributed by atoms with Crippen LogP contribution in [0.3, 0.4) is 0 Å². The number of hydrogen-bond donors (Lipinski definition) is 12. The van der Waals surface area contributed by atoms with Gasteiger partial charge in [0.15, 0.2) is 5.88 Å². The number of phenols is 1. The van der Waals surface area contributed by atoms with Gasteiger partial charge in [-0.3, -0.25) is 38.4 Å². The Hall–Kier alpha value is -6.00. The fraction of sp³-hybridized carbons (Fsp3) is 0.619. The zero-order chi connectivity index (χ0) is 47.2. The molecule has 0 unspecified atom stereocenters. The third-order valence-electron chi connectivity index (χ3n) is 11.7. The molecule has 2 saturated heterocycles. The normalized spacial score (nSPS) is 25.4. The number of nitrogens with one attached hydrogen (secondary N) is 7. The van der Waals surface area contributed by atoms with E-state index < -0.39 is 134 Å². The number of fused-ring (bicyclic) bond motifs is 2. The van der Waals surface area contributed by atoms with E-state index in [4.69, 9.17) is 10.5 Å². The maximum atomic E-state index is 14.5. The largest absolute Gasteiger partial charge is 0.508 e. The van der Waals surface area contributed by atoms with Crippen molar-refractivity contribution in [3.8, 4) is 11.6 Å². The Morgan fingerprint density at radius 1 is 0.891 bits per heavy atom. The first-order valence-electron chi connectivity index (χ1n) is 21.6. The van der Waals surface area contributed by atoms with Crippen molar-refractivity contribution in [2.24, 2.45) is 23.5 Å². The molecule has 22 nitrogen and oxygen atoms in total. The third-order valence-corrected chi connectivity index (χ3v) is 11.7. The first-order chi connectivity index (χ1) is 30.4. The number of primary amides is 1. The summed E-state index contributed by atoms with van der Waals surface area (Å²) in [6.07, 6.45) is -2.23. The summed E-state index contributed by atoms with van der Waals surface area (Å²) in [7, 11) is 0. The predicted molar refractivity (Wildman–Crippen MR) is 229 cm³/mol. The van der Waals surface area contributed by atoms with Crippen molar-refractivity contribution < 1.29 is 63.5 Å². The SMILES string of the molecule is CCCOc1[nH]c2cc(O)ccc2c1C[C@H]1NC(=O)[C@H]([C@@H](C)[C@@H](O)CO)CC[C@@H]2C[C@@H](O)CN2C(=O)[C@H](CC(N)=O)NC(=O)CNC(=O)CNC(=O)[C@H]([C@@H](C)CC)NC(=O)CNC1=O. The van der Waals surface area contributed by atoms with E-state index in [2.05, 4.69) is 36.9 Å². The number of aromatic nitrogens is 1. The lowest BCUT2D eigenvalue weighted by Crippen LogP contribution is -2.56. The van der Waals surface area contributed by atoms with Gasteiger partial charge < -0.3 is 72.7 Å². The van der Waals surface area contributed by atoms with Gasteiger partial charge in [0.2, 0.25) is 47.3 Å². The Kier molecular flexibility index (Phi) is 18.7. The number of H-pyrrole nitrogens is 1. The van der Waals surface area contributed by atoms with Gasteiger partial charge in [-0.15, -0.1) is 0 Å². The van der Waals surface area contributed by atoms with Gasteiger partial charge in [-0.1, -0.05) is 34.1 Å². The lowest BCUT2D eigenvalue weighted by molar-refractivity contribution is -0.139. The van der Waals surface area contributed by atoms with Crippen LogP contribution in [-0.2, 0) is 44.8 Å². The van der Waals surface area contributed by atoms with Gasteiger partial charge in [0, 0.05) is 41.9 Å². The summed E-state index contributed by atoms with van der Waals surface area (Å²) >= 11 is 0. The maximum absolute atomic E-state index is 14.5. The zero-order valence-corrected chi connectivity index (χ0v) is 36.6. The summed E-state index contributed by atoms with van der Waals surface area (Å²) < 4.78 is 5.99. The highest BCUT2D eigenvalue weighted by Crippen LogP contribution is 2.33. The third kappa shape index (κ3) is 13.7. The molecule has 2 aliphatic rings. The van der Waals surface area contributed by atoms with Gasteiger partial charge in [-0.2, -0.15) is 0 Å². The molecule has 2 aromatic rings. The highest BCUT2D eigenvalue weighted by molar-refractivity contribution is 5.96. The molecule has 3 heterocycles. The molecule has 4 rings (SSSR count). The van der Waals surface area contributed by atoms with Crippen molar-refractivity contribution in [3.63, 3.8) is 0 Å². The number of aromatic amines is 1. The highest BCUT2D eigenvalue weighted by atomic mass is 16.5. The van der Waals surface area contributed by atoms with Crippen LogP contribution >= 0.6 is 0 Å². The number of aromatic hydroxyl groups is 1. The van der Waals surface area contributed by atoms with E-state index in [-0.39, 0.29) is 50.5 Å². The molecular formula is C42H63N9O13. The van der Waals surface area contributed by atoms with E-state index in [1.165, 1.54) is 24.0 Å². The number of amides is 8. The number of aliphatic hydroxyl groups is 3. The molecule has 22 heteroatoms. The van der Waals surface area contributed by atoms with Crippen molar-refractivity contribution in [3.05, 3.63) is 23.8 Å². The van der Waals surface area contributed by atoms with E-state index >= 15 is 0 Å². The molecular weight excluding hydrogens is 839 g/mol. The Morgan fingerprint density at radius 3 is 2.23 bits per heavy atom. The topological polar surface area (TPSA) is 344 Å². The summed E-state index contributed by atoms with van der Waals surface area (Å²) in [5.41, 5.74) is 6.36. The van der Waals surface area contributed by atoms with Crippen LogP contribution in [0.4, 0.5) is 0 Å². The number of carbonyl (C=O) groups excluding carboxylic acids is 8. The van der Waals surface area contributed by atoms with E-state index in [1.807, 2.05) is 6.92 Å². The minimum atomic E-state index is -1.51. The monoisotopic (exact) mass is 901 g/mol. The average Bonchev–Trinajstić information content (AvgIpc) is 3.80. The van der Waals surface area contributed by atoms with Crippen LogP contribution < -0.4 is 42.4 Å².